The topological polar surface area (TPSA) is 12.0 Å². The van der Waals surface area contributed by atoms with Crippen molar-refractivity contribution in [2.24, 2.45) is 0 Å². The highest BCUT2D eigenvalue weighted by Gasteiger charge is 2.35. The van der Waals surface area contributed by atoms with Crippen LogP contribution < -0.4 is 5.32 Å². The Morgan fingerprint density at radius 3 is 2.11 bits per heavy atom. The van der Waals surface area contributed by atoms with Crippen molar-refractivity contribution in [1.82, 2.24) is 5.32 Å². The van der Waals surface area contributed by atoms with Crippen LogP contribution in [0.5, 0.6) is 0 Å². The van der Waals surface area contributed by atoms with Crippen molar-refractivity contribution < 1.29 is 0 Å². The monoisotopic (exact) mass is 691 g/mol. The molecule has 0 amide bonds. The van der Waals surface area contributed by atoms with Crippen molar-refractivity contribution in [2.45, 2.75) is 45.1 Å². The van der Waals surface area contributed by atoms with Crippen LogP contribution in [0.3, 0.4) is 0 Å². The maximum absolute atomic E-state index is 4.06. The van der Waals surface area contributed by atoms with Crippen molar-refractivity contribution in [3.05, 3.63) is 203 Å². The van der Waals surface area contributed by atoms with Gasteiger partial charge in [-0.05, 0) is 121 Å². The Hall–Kier alpha value is -6.36. The molecule has 1 N–H and O–H groups in total. The fourth-order valence-electron chi connectivity index (χ4n) is 9.22. The number of fused-ring (bicyclic) bond motifs is 9. The summed E-state index contributed by atoms with van der Waals surface area (Å²) in [5, 5.41) is 11.4. The maximum Gasteiger partial charge on any atom is 0.0704 e. The van der Waals surface area contributed by atoms with Crippen molar-refractivity contribution in [1.29, 1.82) is 0 Å². The van der Waals surface area contributed by atoms with Crippen LogP contribution >= 0.6 is 0 Å². The van der Waals surface area contributed by atoms with Gasteiger partial charge >= 0.3 is 0 Å². The summed E-state index contributed by atoms with van der Waals surface area (Å²) in [5.41, 5.74) is 15.5. The fourth-order valence-corrected chi connectivity index (χ4v) is 9.22. The average Bonchev–Trinajstić information content (AvgIpc) is 3.45. The van der Waals surface area contributed by atoms with E-state index in [2.05, 4.69) is 196 Å². The van der Waals surface area contributed by atoms with E-state index in [0.29, 0.717) is 0 Å². The fraction of sp³-hybridized carbons (Fsp3) is 0.132. The van der Waals surface area contributed by atoms with Gasteiger partial charge in [-0.1, -0.05) is 166 Å². The van der Waals surface area contributed by atoms with Gasteiger partial charge in [0.25, 0.3) is 0 Å². The predicted molar refractivity (Wildman–Crippen MR) is 228 cm³/mol. The normalized spacial score (nSPS) is 18.6. The lowest BCUT2D eigenvalue weighted by Crippen LogP contribution is -2.21. The zero-order valence-electron chi connectivity index (χ0n) is 31.0. The Morgan fingerprint density at radius 1 is 0.574 bits per heavy atom. The van der Waals surface area contributed by atoms with Gasteiger partial charge < -0.3 is 5.32 Å². The molecule has 1 atom stereocenters. The molecule has 2 aliphatic rings. The van der Waals surface area contributed by atoms with E-state index in [4.69, 9.17) is 0 Å². The zero-order chi connectivity index (χ0) is 36.4. The van der Waals surface area contributed by atoms with Gasteiger partial charge in [0.2, 0.25) is 0 Å². The van der Waals surface area contributed by atoms with Gasteiger partial charge in [-0.3, -0.25) is 0 Å². The van der Waals surface area contributed by atoms with Crippen molar-refractivity contribution >= 4 is 43.6 Å². The summed E-state index contributed by atoms with van der Waals surface area (Å²) in [4.78, 5) is 0. The second-order valence-electron chi connectivity index (χ2n) is 15.6. The van der Waals surface area contributed by atoms with Gasteiger partial charge in [0.1, 0.15) is 0 Å². The van der Waals surface area contributed by atoms with Gasteiger partial charge in [-0.2, -0.15) is 0 Å². The van der Waals surface area contributed by atoms with E-state index in [9.17, 15) is 0 Å². The Bertz CT molecular complexity index is 2820. The number of benzene rings is 7. The van der Waals surface area contributed by atoms with Crippen LogP contribution in [-0.4, -0.2) is 0 Å². The maximum atomic E-state index is 4.06. The van der Waals surface area contributed by atoms with Crippen LogP contribution in [-0.2, 0) is 5.41 Å². The van der Waals surface area contributed by atoms with E-state index in [-0.39, 0.29) is 11.5 Å². The summed E-state index contributed by atoms with van der Waals surface area (Å²) in [6.45, 7) is 7.02. The number of hydrogen-bond acceptors (Lipinski definition) is 1. The number of hydrogen-bond donors (Lipinski definition) is 1. The third-order valence-electron chi connectivity index (χ3n) is 12.1. The molecule has 258 valence electrons. The van der Waals surface area contributed by atoms with E-state index in [1.165, 1.54) is 93.8 Å². The Labute approximate surface area is 318 Å². The summed E-state index contributed by atoms with van der Waals surface area (Å²) in [6, 6.07) is 62.8. The number of rotatable bonds is 4. The molecule has 0 saturated carbocycles. The molecule has 1 unspecified atom stereocenters. The molecular formula is C53H41N. The quantitative estimate of drug-likeness (QED) is 0.181. The second kappa shape index (κ2) is 12.6. The highest BCUT2D eigenvalue weighted by molar-refractivity contribution is 6.28. The predicted octanol–water partition coefficient (Wildman–Crippen LogP) is 13.7. The molecule has 1 aliphatic heterocycles. The first-order valence-electron chi connectivity index (χ1n) is 19.2. The lowest BCUT2D eigenvalue weighted by molar-refractivity contribution is 0.660. The minimum absolute atomic E-state index is 0.0302. The Balaban J connectivity index is 1.14. The van der Waals surface area contributed by atoms with Crippen molar-refractivity contribution in [2.75, 3.05) is 0 Å². The molecule has 54 heavy (non-hydrogen) atoms. The first-order chi connectivity index (χ1) is 26.5. The Kier molecular flexibility index (Phi) is 7.57. The molecule has 0 bridgehead atoms. The standard InChI is InChI=1S/C53H41N/c1-34-25-26-37(35-15-6-4-7-16-35)33-50(36-17-8-5-9-18-36)54-52(34)39-28-30-46-47(31-39)42-20-11-10-19-41(42)45-23-14-22-40(51(45)46)38-27-29-44-43-21-12-13-24-48(43)53(2,3)49(44)32-38/h4-13,15-22,24,27-33,50,54H,25-26H2,1-3H3/b37-33+,52-34-. The van der Waals surface area contributed by atoms with Crippen LogP contribution in [0, 0.1) is 12.1 Å². The van der Waals surface area contributed by atoms with Gasteiger partial charge in [0.15, 0.2) is 0 Å². The van der Waals surface area contributed by atoms with Crippen LogP contribution in [0.15, 0.2) is 163 Å². The molecule has 1 heteroatoms. The van der Waals surface area contributed by atoms with Crippen molar-refractivity contribution in [3.63, 3.8) is 0 Å². The molecule has 1 aliphatic carbocycles. The minimum Gasteiger partial charge on any atom is -0.374 e. The van der Waals surface area contributed by atoms with Crippen LogP contribution in [0.1, 0.15) is 67.5 Å². The van der Waals surface area contributed by atoms with E-state index < -0.39 is 0 Å². The van der Waals surface area contributed by atoms with E-state index in [1.807, 2.05) is 0 Å². The SMILES string of the molecule is C/C1=C(\c2ccc3c(c2)c2ccccc2c2c#ccc(-c4ccc5c(c4)C(C)(C)c4ccccc4-5)c23)NC(c2ccccc2)/C=C(/c2ccccc2)CC1. The summed E-state index contributed by atoms with van der Waals surface area (Å²) in [7, 11) is 0. The minimum atomic E-state index is -0.0726. The van der Waals surface area contributed by atoms with Gasteiger partial charge in [0, 0.05) is 21.9 Å². The van der Waals surface area contributed by atoms with E-state index in [0.717, 1.165) is 18.2 Å². The molecule has 0 spiro atoms. The molecule has 8 aromatic carbocycles. The summed E-state index contributed by atoms with van der Waals surface area (Å²) in [6.07, 6.45) is 4.41. The first kappa shape index (κ1) is 32.3. The number of nitrogens with one attached hydrogen (secondary N) is 1. The third kappa shape index (κ3) is 5.17. The summed E-state index contributed by atoms with van der Waals surface area (Å²) >= 11 is 0. The third-order valence-corrected chi connectivity index (χ3v) is 12.1. The molecule has 1 heterocycles. The van der Waals surface area contributed by atoms with Gasteiger partial charge in [0.05, 0.1) is 6.04 Å². The van der Waals surface area contributed by atoms with Crippen LogP contribution in [0.4, 0.5) is 0 Å². The lowest BCUT2D eigenvalue weighted by Gasteiger charge is -2.26. The van der Waals surface area contributed by atoms with Crippen LogP contribution in [0.2, 0.25) is 0 Å². The summed E-state index contributed by atoms with van der Waals surface area (Å²) < 4.78 is 0. The molecular weight excluding hydrogens is 651 g/mol. The molecule has 0 radical (unpaired) electrons. The first-order valence-corrected chi connectivity index (χ1v) is 19.2. The van der Waals surface area contributed by atoms with E-state index in [1.54, 1.807) is 0 Å². The molecule has 1 nitrogen and oxygen atoms in total. The lowest BCUT2D eigenvalue weighted by atomic mass is 9.81. The molecule has 8 aromatic rings. The molecule has 0 fully saturated rings. The molecule has 0 aromatic heterocycles. The Morgan fingerprint density at radius 2 is 1.28 bits per heavy atom. The molecule has 0 saturated heterocycles. The zero-order valence-corrected chi connectivity index (χ0v) is 31.0. The second-order valence-corrected chi connectivity index (χ2v) is 15.6. The van der Waals surface area contributed by atoms with Gasteiger partial charge in [-0.15, -0.1) is 0 Å². The largest absolute Gasteiger partial charge is 0.374 e. The van der Waals surface area contributed by atoms with Crippen molar-refractivity contribution in [3.8, 4) is 22.3 Å². The highest BCUT2D eigenvalue weighted by Crippen LogP contribution is 2.50. The highest BCUT2D eigenvalue weighted by atomic mass is 14.9. The molecule has 10 rings (SSSR count). The van der Waals surface area contributed by atoms with E-state index >= 15 is 0 Å². The average molecular weight is 692 g/mol. The summed E-state index contributed by atoms with van der Waals surface area (Å²) in [5.74, 6) is 0. The van der Waals surface area contributed by atoms with Crippen LogP contribution in [0.25, 0.3) is 65.8 Å². The smallest absolute Gasteiger partial charge is 0.0704 e. The number of allylic oxidation sites excluding steroid dienone is 2. The van der Waals surface area contributed by atoms with Gasteiger partial charge in [-0.25, -0.2) is 0 Å².